The Morgan fingerprint density at radius 3 is 2.91 bits per heavy atom. The van der Waals surface area contributed by atoms with Crippen molar-refractivity contribution in [3.05, 3.63) is 39.9 Å². The summed E-state index contributed by atoms with van der Waals surface area (Å²) in [5.41, 5.74) is 0.985. The van der Waals surface area contributed by atoms with Gasteiger partial charge in [0.05, 0.1) is 17.5 Å². The van der Waals surface area contributed by atoms with Gasteiger partial charge in [-0.2, -0.15) is 0 Å². The minimum Gasteiger partial charge on any atom is -0.338 e. The SMILES string of the molecule is CC(C)(C)c1cc(NC(=O)Cn2cnc3ccsc3c2=O)on1. The van der Waals surface area contributed by atoms with Crippen LogP contribution in [0.2, 0.25) is 0 Å². The number of carbonyl (C=O) groups excluding carboxylic acids is 1. The molecule has 0 saturated carbocycles. The van der Waals surface area contributed by atoms with Crippen LogP contribution in [0.1, 0.15) is 26.5 Å². The highest BCUT2D eigenvalue weighted by molar-refractivity contribution is 7.17. The molecule has 0 unspecified atom stereocenters. The van der Waals surface area contributed by atoms with E-state index in [1.165, 1.54) is 22.2 Å². The average molecular weight is 332 g/mol. The van der Waals surface area contributed by atoms with Crippen molar-refractivity contribution in [1.29, 1.82) is 0 Å². The van der Waals surface area contributed by atoms with Gasteiger partial charge in [-0.05, 0) is 11.4 Å². The number of rotatable bonds is 3. The van der Waals surface area contributed by atoms with Crippen molar-refractivity contribution in [3.63, 3.8) is 0 Å². The molecule has 7 nitrogen and oxygen atoms in total. The predicted octanol–water partition coefficient (Wildman–Crippen LogP) is 2.38. The minimum atomic E-state index is -0.374. The van der Waals surface area contributed by atoms with Crippen LogP contribution < -0.4 is 10.9 Å². The van der Waals surface area contributed by atoms with Crippen LogP contribution in [-0.4, -0.2) is 20.6 Å². The molecule has 0 fully saturated rings. The van der Waals surface area contributed by atoms with E-state index < -0.39 is 0 Å². The van der Waals surface area contributed by atoms with Crippen LogP contribution >= 0.6 is 11.3 Å². The van der Waals surface area contributed by atoms with Gasteiger partial charge in [-0.15, -0.1) is 11.3 Å². The molecule has 0 spiro atoms. The van der Waals surface area contributed by atoms with E-state index in [0.717, 1.165) is 5.69 Å². The summed E-state index contributed by atoms with van der Waals surface area (Å²) in [5, 5.41) is 8.33. The molecule has 23 heavy (non-hydrogen) atoms. The number of fused-ring (bicyclic) bond motifs is 1. The Morgan fingerprint density at radius 1 is 1.43 bits per heavy atom. The smallest absolute Gasteiger partial charge is 0.271 e. The number of carbonyl (C=O) groups is 1. The third kappa shape index (κ3) is 3.16. The largest absolute Gasteiger partial charge is 0.338 e. The number of hydrogen-bond donors (Lipinski definition) is 1. The predicted molar refractivity (Wildman–Crippen MR) is 87.7 cm³/mol. The van der Waals surface area contributed by atoms with Crippen molar-refractivity contribution in [1.82, 2.24) is 14.7 Å². The van der Waals surface area contributed by atoms with Gasteiger partial charge in [0.1, 0.15) is 11.2 Å². The molecule has 3 aromatic heterocycles. The molecule has 0 atom stereocenters. The van der Waals surface area contributed by atoms with Gasteiger partial charge in [0.25, 0.3) is 5.56 Å². The number of thiophene rings is 1. The highest BCUT2D eigenvalue weighted by Crippen LogP contribution is 2.23. The van der Waals surface area contributed by atoms with Gasteiger partial charge in [-0.1, -0.05) is 25.9 Å². The van der Waals surface area contributed by atoms with E-state index in [4.69, 9.17) is 4.52 Å². The molecule has 3 heterocycles. The number of aromatic nitrogens is 3. The number of anilines is 1. The normalized spacial score (nSPS) is 11.8. The van der Waals surface area contributed by atoms with Crippen LogP contribution in [0, 0.1) is 0 Å². The Labute approximate surface area is 135 Å². The Bertz CT molecular complexity index is 917. The molecule has 1 N–H and O–H groups in total. The number of hydrogen-bond acceptors (Lipinski definition) is 6. The summed E-state index contributed by atoms with van der Waals surface area (Å²) in [6, 6.07) is 3.45. The summed E-state index contributed by atoms with van der Waals surface area (Å²) in [6.45, 7) is 5.86. The van der Waals surface area contributed by atoms with Crippen LogP contribution in [0.15, 0.2) is 33.2 Å². The van der Waals surface area contributed by atoms with Gasteiger partial charge < -0.3 is 4.52 Å². The first-order valence-electron chi connectivity index (χ1n) is 7.04. The molecule has 8 heteroatoms. The van der Waals surface area contributed by atoms with Crippen molar-refractivity contribution < 1.29 is 9.32 Å². The fraction of sp³-hybridized carbons (Fsp3) is 0.333. The van der Waals surface area contributed by atoms with Crippen molar-refractivity contribution in [2.24, 2.45) is 0 Å². The first kappa shape index (κ1) is 15.4. The van der Waals surface area contributed by atoms with E-state index in [9.17, 15) is 9.59 Å². The molecule has 1 amide bonds. The lowest BCUT2D eigenvalue weighted by Gasteiger charge is -2.12. The van der Waals surface area contributed by atoms with Gasteiger partial charge in [-0.25, -0.2) is 4.98 Å². The van der Waals surface area contributed by atoms with E-state index in [0.29, 0.717) is 10.2 Å². The quantitative estimate of drug-likeness (QED) is 0.795. The second kappa shape index (κ2) is 5.62. The van der Waals surface area contributed by atoms with Crippen LogP contribution in [0.3, 0.4) is 0 Å². The molecule has 0 saturated heterocycles. The van der Waals surface area contributed by atoms with Crippen LogP contribution in [0.5, 0.6) is 0 Å². The standard InChI is InChI=1S/C15H16N4O3S/c1-15(2,3)10-6-12(22-18-10)17-11(20)7-19-8-16-9-4-5-23-13(9)14(19)21/h4-6,8H,7H2,1-3H3,(H,17,20). The summed E-state index contributed by atoms with van der Waals surface area (Å²) in [4.78, 5) is 28.5. The van der Waals surface area contributed by atoms with Crippen molar-refractivity contribution in [3.8, 4) is 0 Å². The van der Waals surface area contributed by atoms with Crippen LogP contribution in [0.25, 0.3) is 10.2 Å². The lowest BCUT2D eigenvalue weighted by molar-refractivity contribution is -0.116. The molecule has 0 aliphatic rings. The third-order valence-electron chi connectivity index (χ3n) is 3.29. The zero-order chi connectivity index (χ0) is 16.6. The van der Waals surface area contributed by atoms with Crippen molar-refractivity contribution in [2.45, 2.75) is 32.7 Å². The highest BCUT2D eigenvalue weighted by atomic mass is 32.1. The zero-order valence-corrected chi connectivity index (χ0v) is 13.8. The summed E-state index contributed by atoms with van der Waals surface area (Å²) in [5.74, 6) is -0.112. The van der Waals surface area contributed by atoms with Crippen molar-refractivity contribution in [2.75, 3.05) is 5.32 Å². The lowest BCUT2D eigenvalue weighted by Crippen LogP contribution is -2.27. The number of amides is 1. The summed E-state index contributed by atoms with van der Waals surface area (Å²) < 4.78 is 6.91. The molecular formula is C15H16N4O3S. The maximum atomic E-state index is 12.2. The Hall–Kier alpha value is -2.48. The third-order valence-corrected chi connectivity index (χ3v) is 4.18. The fourth-order valence-electron chi connectivity index (χ4n) is 2.01. The van der Waals surface area contributed by atoms with E-state index in [-0.39, 0.29) is 29.3 Å². The fourth-order valence-corrected chi connectivity index (χ4v) is 2.80. The van der Waals surface area contributed by atoms with E-state index in [1.807, 2.05) is 20.8 Å². The monoisotopic (exact) mass is 332 g/mol. The lowest BCUT2D eigenvalue weighted by atomic mass is 9.92. The van der Waals surface area contributed by atoms with Gasteiger partial charge in [0.2, 0.25) is 11.8 Å². The topological polar surface area (TPSA) is 90.0 Å². The summed E-state index contributed by atoms with van der Waals surface area (Å²) in [7, 11) is 0. The molecule has 120 valence electrons. The average Bonchev–Trinajstić information content (AvgIpc) is 3.10. The van der Waals surface area contributed by atoms with E-state index in [2.05, 4.69) is 15.5 Å². The molecular weight excluding hydrogens is 316 g/mol. The molecule has 0 aromatic carbocycles. The molecule has 0 aliphatic heterocycles. The molecule has 3 aromatic rings. The number of nitrogens with zero attached hydrogens (tertiary/aromatic N) is 3. The molecule has 3 rings (SSSR count). The van der Waals surface area contributed by atoms with Crippen molar-refractivity contribution >= 4 is 33.3 Å². The highest BCUT2D eigenvalue weighted by Gasteiger charge is 2.20. The Morgan fingerprint density at radius 2 is 2.22 bits per heavy atom. The Balaban J connectivity index is 1.75. The van der Waals surface area contributed by atoms with Gasteiger partial charge in [0, 0.05) is 11.5 Å². The van der Waals surface area contributed by atoms with E-state index in [1.54, 1.807) is 17.5 Å². The first-order chi connectivity index (χ1) is 10.8. The maximum absolute atomic E-state index is 12.2. The second-order valence-electron chi connectivity index (χ2n) is 6.19. The molecule has 0 radical (unpaired) electrons. The summed E-state index contributed by atoms with van der Waals surface area (Å²) in [6.07, 6.45) is 1.37. The van der Waals surface area contributed by atoms with Gasteiger partial charge >= 0.3 is 0 Å². The number of nitrogens with one attached hydrogen (secondary N) is 1. The van der Waals surface area contributed by atoms with Crippen LogP contribution in [0.4, 0.5) is 5.88 Å². The zero-order valence-electron chi connectivity index (χ0n) is 13.0. The maximum Gasteiger partial charge on any atom is 0.271 e. The Kier molecular flexibility index (Phi) is 3.77. The molecule has 0 bridgehead atoms. The van der Waals surface area contributed by atoms with E-state index >= 15 is 0 Å². The second-order valence-corrected chi connectivity index (χ2v) is 7.10. The molecule has 0 aliphatic carbocycles. The van der Waals surface area contributed by atoms with Gasteiger partial charge in [0.15, 0.2) is 0 Å². The minimum absolute atomic E-state index is 0.134. The first-order valence-corrected chi connectivity index (χ1v) is 7.92. The van der Waals surface area contributed by atoms with Gasteiger partial charge in [-0.3, -0.25) is 19.5 Å². The summed E-state index contributed by atoms with van der Waals surface area (Å²) >= 11 is 1.31. The van der Waals surface area contributed by atoms with Crippen LogP contribution in [-0.2, 0) is 16.8 Å².